The van der Waals surface area contributed by atoms with E-state index in [-0.39, 0.29) is 25.9 Å². The van der Waals surface area contributed by atoms with Crippen molar-refractivity contribution in [2.75, 3.05) is 6.54 Å². The van der Waals surface area contributed by atoms with E-state index in [1.54, 1.807) is 0 Å². The number of rotatable bonds is 3. The zero-order valence-corrected chi connectivity index (χ0v) is 13.7. The van der Waals surface area contributed by atoms with Crippen LogP contribution in [0.5, 0.6) is 0 Å². The van der Waals surface area contributed by atoms with E-state index in [1.165, 1.54) is 6.07 Å². The molecule has 8 heteroatoms. The zero-order valence-electron chi connectivity index (χ0n) is 11.3. The van der Waals surface area contributed by atoms with Crippen molar-refractivity contribution in [3.8, 4) is 0 Å². The number of nitrogens with two attached hydrogens (primary N) is 1. The second-order valence-corrected chi connectivity index (χ2v) is 7.87. The van der Waals surface area contributed by atoms with Crippen LogP contribution in [0.15, 0.2) is 17.0 Å². The van der Waals surface area contributed by atoms with E-state index in [2.05, 4.69) is 5.32 Å². The first-order valence-corrected chi connectivity index (χ1v) is 8.02. The standard InChI is InChI=1S/C12H16Cl2N2O3S/c1-12(2,3)6-16-11(17)7-4-8(13)10(14)9(5-7)20(15,18)19/h4-5H,6H2,1-3H3,(H,16,17)(H2,15,18,19). The minimum atomic E-state index is -4.05. The van der Waals surface area contributed by atoms with Gasteiger partial charge in [0.05, 0.1) is 10.0 Å². The third kappa shape index (κ3) is 4.63. The van der Waals surface area contributed by atoms with Crippen LogP contribution in [-0.2, 0) is 10.0 Å². The quantitative estimate of drug-likeness (QED) is 0.886. The highest BCUT2D eigenvalue weighted by Gasteiger charge is 2.20. The summed E-state index contributed by atoms with van der Waals surface area (Å²) in [6.45, 7) is 6.30. The SMILES string of the molecule is CC(C)(C)CNC(=O)c1cc(Cl)c(Cl)c(S(N)(=O)=O)c1. The summed E-state index contributed by atoms with van der Waals surface area (Å²) in [6, 6.07) is 2.41. The van der Waals surface area contributed by atoms with Gasteiger partial charge in [0.1, 0.15) is 4.90 Å². The van der Waals surface area contributed by atoms with Crippen LogP contribution >= 0.6 is 23.2 Å². The highest BCUT2D eigenvalue weighted by Crippen LogP contribution is 2.30. The molecule has 0 saturated carbocycles. The summed E-state index contributed by atoms with van der Waals surface area (Å²) in [5.41, 5.74) is -0.0121. The van der Waals surface area contributed by atoms with Crippen LogP contribution in [0.4, 0.5) is 0 Å². The van der Waals surface area contributed by atoms with Crippen molar-refractivity contribution in [3.63, 3.8) is 0 Å². The van der Waals surface area contributed by atoms with Gasteiger partial charge in [-0.25, -0.2) is 13.6 Å². The Balaban J connectivity index is 3.15. The van der Waals surface area contributed by atoms with Crippen molar-refractivity contribution in [1.29, 1.82) is 0 Å². The Labute approximate surface area is 128 Å². The molecule has 0 radical (unpaired) electrons. The summed E-state index contributed by atoms with van der Waals surface area (Å²) in [7, 11) is -4.05. The third-order valence-corrected chi connectivity index (χ3v) is 4.19. The van der Waals surface area contributed by atoms with E-state index >= 15 is 0 Å². The van der Waals surface area contributed by atoms with E-state index in [1.807, 2.05) is 20.8 Å². The maximum Gasteiger partial charge on any atom is 0.251 e. The molecule has 0 fully saturated rings. The van der Waals surface area contributed by atoms with Crippen molar-refractivity contribution < 1.29 is 13.2 Å². The van der Waals surface area contributed by atoms with Crippen LogP contribution in [0.1, 0.15) is 31.1 Å². The van der Waals surface area contributed by atoms with E-state index in [4.69, 9.17) is 28.3 Å². The van der Waals surface area contributed by atoms with Crippen molar-refractivity contribution in [1.82, 2.24) is 5.32 Å². The lowest BCUT2D eigenvalue weighted by atomic mass is 9.97. The van der Waals surface area contributed by atoms with E-state index in [0.29, 0.717) is 6.54 Å². The fourth-order valence-corrected chi connectivity index (χ4v) is 2.71. The smallest absolute Gasteiger partial charge is 0.251 e. The molecule has 0 bridgehead atoms. The molecule has 1 rings (SSSR count). The van der Waals surface area contributed by atoms with Gasteiger partial charge in [-0.15, -0.1) is 0 Å². The Morgan fingerprint density at radius 2 is 1.85 bits per heavy atom. The number of carbonyl (C=O) groups is 1. The lowest BCUT2D eigenvalue weighted by Gasteiger charge is -2.19. The van der Waals surface area contributed by atoms with E-state index in [0.717, 1.165) is 6.07 Å². The molecule has 1 aromatic carbocycles. The average molecular weight is 339 g/mol. The highest BCUT2D eigenvalue weighted by atomic mass is 35.5. The second-order valence-electron chi connectivity index (χ2n) is 5.56. The summed E-state index contributed by atoms with van der Waals surface area (Å²) in [4.78, 5) is 11.6. The summed E-state index contributed by atoms with van der Waals surface area (Å²) in [6.07, 6.45) is 0. The number of halogens is 2. The van der Waals surface area contributed by atoms with E-state index < -0.39 is 15.9 Å². The molecule has 0 spiro atoms. The number of hydrogen-bond acceptors (Lipinski definition) is 3. The monoisotopic (exact) mass is 338 g/mol. The number of benzene rings is 1. The largest absolute Gasteiger partial charge is 0.352 e. The molecule has 0 aliphatic heterocycles. The summed E-state index contributed by atoms with van der Waals surface area (Å²) in [5.74, 6) is -0.441. The van der Waals surface area contributed by atoms with Gasteiger partial charge in [-0.05, 0) is 17.5 Å². The van der Waals surface area contributed by atoms with Crippen LogP contribution < -0.4 is 10.5 Å². The first-order chi connectivity index (χ1) is 8.92. The molecule has 0 aromatic heterocycles. The van der Waals surface area contributed by atoms with Crippen LogP contribution in [0.3, 0.4) is 0 Å². The predicted molar refractivity (Wildman–Crippen MR) is 79.6 cm³/mol. The number of nitrogens with one attached hydrogen (secondary N) is 1. The van der Waals surface area contributed by atoms with Crippen LogP contribution in [0.25, 0.3) is 0 Å². The lowest BCUT2D eigenvalue weighted by Crippen LogP contribution is -2.32. The first kappa shape index (κ1) is 17.2. The topological polar surface area (TPSA) is 89.3 Å². The number of hydrogen-bond donors (Lipinski definition) is 2. The van der Waals surface area contributed by atoms with Gasteiger partial charge < -0.3 is 5.32 Å². The average Bonchev–Trinajstić information content (AvgIpc) is 2.26. The Kier molecular flexibility index (Phi) is 5.08. The summed E-state index contributed by atoms with van der Waals surface area (Å²) >= 11 is 11.6. The van der Waals surface area contributed by atoms with Gasteiger partial charge in [0.25, 0.3) is 5.91 Å². The van der Waals surface area contributed by atoms with Crippen molar-refractivity contribution in [3.05, 3.63) is 27.7 Å². The van der Waals surface area contributed by atoms with Gasteiger partial charge in [-0.1, -0.05) is 44.0 Å². The molecule has 5 nitrogen and oxygen atoms in total. The van der Waals surface area contributed by atoms with Gasteiger partial charge >= 0.3 is 0 Å². The minimum absolute atomic E-state index is 0.0425. The molecule has 1 amide bonds. The van der Waals surface area contributed by atoms with Crippen LogP contribution in [0.2, 0.25) is 10.0 Å². The number of primary sulfonamides is 1. The van der Waals surface area contributed by atoms with Crippen LogP contribution in [-0.4, -0.2) is 20.9 Å². The molecule has 0 saturated heterocycles. The summed E-state index contributed by atoms with van der Waals surface area (Å²) < 4.78 is 22.8. The van der Waals surface area contributed by atoms with Crippen molar-refractivity contribution in [2.24, 2.45) is 10.6 Å². The second kappa shape index (κ2) is 5.89. The van der Waals surface area contributed by atoms with Crippen LogP contribution in [0, 0.1) is 5.41 Å². The fraction of sp³-hybridized carbons (Fsp3) is 0.417. The normalized spacial score (nSPS) is 12.3. The maximum atomic E-state index is 12.0. The van der Waals surface area contributed by atoms with Crippen molar-refractivity contribution in [2.45, 2.75) is 25.7 Å². The Hall–Kier alpha value is -0.820. The molecule has 0 atom stereocenters. The highest BCUT2D eigenvalue weighted by molar-refractivity contribution is 7.89. The molecule has 20 heavy (non-hydrogen) atoms. The molecule has 0 unspecified atom stereocenters. The van der Waals surface area contributed by atoms with Gasteiger partial charge in [-0.3, -0.25) is 4.79 Å². The molecule has 0 aliphatic carbocycles. The molecule has 0 aliphatic rings. The Morgan fingerprint density at radius 1 is 1.30 bits per heavy atom. The Morgan fingerprint density at radius 3 is 2.30 bits per heavy atom. The fourth-order valence-electron chi connectivity index (χ4n) is 1.35. The third-order valence-electron chi connectivity index (χ3n) is 2.34. The predicted octanol–water partition coefficient (Wildman–Crippen LogP) is 2.42. The van der Waals surface area contributed by atoms with Gasteiger partial charge in [0, 0.05) is 12.1 Å². The lowest BCUT2D eigenvalue weighted by molar-refractivity contribution is 0.0939. The first-order valence-electron chi connectivity index (χ1n) is 5.72. The minimum Gasteiger partial charge on any atom is -0.352 e. The number of amides is 1. The van der Waals surface area contributed by atoms with Gasteiger partial charge in [-0.2, -0.15) is 0 Å². The Bertz CT molecular complexity index is 637. The van der Waals surface area contributed by atoms with Gasteiger partial charge in [0.2, 0.25) is 10.0 Å². The maximum absolute atomic E-state index is 12.0. The molecule has 112 valence electrons. The molecular formula is C12H16Cl2N2O3S. The van der Waals surface area contributed by atoms with Crippen molar-refractivity contribution >= 4 is 39.1 Å². The van der Waals surface area contributed by atoms with Gasteiger partial charge in [0.15, 0.2) is 0 Å². The molecule has 0 heterocycles. The zero-order chi connectivity index (χ0) is 15.7. The van der Waals surface area contributed by atoms with E-state index in [9.17, 15) is 13.2 Å². The number of carbonyl (C=O) groups excluding carboxylic acids is 1. The number of sulfonamides is 1. The molecule has 3 N–H and O–H groups in total. The summed E-state index contributed by atoms with van der Waals surface area (Å²) in [5, 5.41) is 7.49. The molecule has 1 aromatic rings. The molecular weight excluding hydrogens is 323 g/mol.